The average molecular weight is 350 g/mol. The fourth-order valence-corrected chi connectivity index (χ4v) is 3.60. The molecule has 0 aliphatic heterocycles. The molecule has 23 heavy (non-hydrogen) atoms. The molecule has 0 spiro atoms. The molecule has 0 bridgehead atoms. The summed E-state index contributed by atoms with van der Waals surface area (Å²) in [5, 5.41) is 13.9. The minimum Gasteiger partial charge on any atom is -0.476 e. The van der Waals surface area contributed by atoms with Crippen molar-refractivity contribution in [2.24, 2.45) is 0 Å². The summed E-state index contributed by atoms with van der Waals surface area (Å²) in [6.45, 7) is 4.54. The molecule has 1 aromatic heterocycles. The molecule has 0 atom stereocenters. The number of carboxylic acids is 1. The van der Waals surface area contributed by atoms with E-state index in [1.807, 2.05) is 26.0 Å². The standard InChI is InChI=1S/C16H18N2O3S2/c1-10-3-4-13(11(2)7-10)22-9-14(19)17-6-5-15-18-12(8-23-15)16(20)21/h3-4,7-8H,5-6,9H2,1-2H3,(H,17,19)(H,20,21). The highest BCUT2D eigenvalue weighted by molar-refractivity contribution is 8.00. The van der Waals surface area contributed by atoms with Crippen molar-refractivity contribution < 1.29 is 14.7 Å². The molecule has 122 valence electrons. The van der Waals surface area contributed by atoms with Crippen molar-refractivity contribution in [2.75, 3.05) is 12.3 Å². The number of amides is 1. The van der Waals surface area contributed by atoms with E-state index in [0.29, 0.717) is 23.7 Å². The molecule has 0 unspecified atom stereocenters. The number of carboxylic acid groups (broad SMARTS) is 1. The van der Waals surface area contributed by atoms with Crippen LogP contribution in [0.25, 0.3) is 0 Å². The fourth-order valence-electron chi connectivity index (χ4n) is 1.99. The predicted octanol–water partition coefficient (Wildman–Crippen LogP) is 2.91. The average Bonchev–Trinajstić information content (AvgIpc) is 2.95. The third kappa shape index (κ3) is 5.37. The van der Waals surface area contributed by atoms with Crippen LogP contribution in [0.3, 0.4) is 0 Å². The monoisotopic (exact) mass is 350 g/mol. The normalized spacial score (nSPS) is 10.5. The van der Waals surface area contributed by atoms with Gasteiger partial charge in [0.1, 0.15) is 0 Å². The van der Waals surface area contributed by atoms with Gasteiger partial charge in [0.05, 0.1) is 10.8 Å². The number of carbonyl (C=O) groups excluding carboxylic acids is 1. The lowest BCUT2D eigenvalue weighted by Crippen LogP contribution is -2.27. The first-order chi connectivity index (χ1) is 11.0. The Kier molecular flexibility index (Phi) is 6.18. The van der Waals surface area contributed by atoms with Gasteiger partial charge in [0.2, 0.25) is 5.91 Å². The van der Waals surface area contributed by atoms with Gasteiger partial charge in [0.15, 0.2) is 5.69 Å². The first kappa shape index (κ1) is 17.5. The molecule has 2 rings (SSSR count). The predicted molar refractivity (Wildman–Crippen MR) is 92.4 cm³/mol. The summed E-state index contributed by atoms with van der Waals surface area (Å²) >= 11 is 2.81. The number of hydrogen-bond donors (Lipinski definition) is 2. The first-order valence-corrected chi connectivity index (χ1v) is 8.96. The van der Waals surface area contributed by atoms with Crippen LogP contribution < -0.4 is 5.32 Å². The summed E-state index contributed by atoms with van der Waals surface area (Å²) in [5.41, 5.74) is 2.44. The maximum Gasteiger partial charge on any atom is 0.355 e. The van der Waals surface area contributed by atoms with Gasteiger partial charge in [-0.2, -0.15) is 0 Å². The molecule has 5 nitrogen and oxygen atoms in total. The van der Waals surface area contributed by atoms with Crippen LogP contribution in [-0.4, -0.2) is 34.3 Å². The quantitative estimate of drug-likeness (QED) is 0.751. The lowest BCUT2D eigenvalue weighted by atomic mass is 10.2. The smallest absolute Gasteiger partial charge is 0.355 e. The third-order valence-corrected chi connectivity index (χ3v) is 5.21. The highest BCUT2D eigenvalue weighted by Crippen LogP contribution is 2.22. The van der Waals surface area contributed by atoms with Crippen molar-refractivity contribution >= 4 is 35.0 Å². The maximum absolute atomic E-state index is 11.9. The van der Waals surface area contributed by atoms with Crippen LogP contribution in [0.5, 0.6) is 0 Å². The third-order valence-electron chi connectivity index (χ3n) is 3.12. The SMILES string of the molecule is Cc1ccc(SCC(=O)NCCc2nc(C(=O)O)cs2)c(C)c1. The van der Waals surface area contributed by atoms with E-state index < -0.39 is 5.97 Å². The zero-order chi connectivity index (χ0) is 16.8. The van der Waals surface area contributed by atoms with E-state index in [1.165, 1.54) is 39.6 Å². The van der Waals surface area contributed by atoms with E-state index >= 15 is 0 Å². The van der Waals surface area contributed by atoms with Crippen LogP contribution in [0.2, 0.25) is 0 Å². The molecule has 2 N–H and O–H groups in total. The van der Waals surface area contributed by atoms with Crippen LogP contribution in [0, 0.1) is 13.8 Å². The number of rotatable bonds is 7. The lowest BCUT2D eigenvalue weighted by molar-refractivity contribution is -0.118. The summed E-state index contributed by atoms with van der Waals surface area (Å²) in [5.74, 6) is -0.700. The van der Waals surface area contributed by atoms with Crippen LogP contribution in [0.15, 0.2) is 28.5 Å². The van der Waals surface area contributed by atoms with Gasteiger partial charge >= 0.3 is 5.97 Å². The van der Waals surface area contributed by atoms with Gasteiger partial charge in [-0.25, -0.2) is 9.78 Å². The van der Waals surface area contributed by atoms with Crippen molar-refractivity contribution in [3.8, 4) is 0 Å². The second-order valence-electron chi connectivity index (χ2n) is 5.09. The first-order valence-electron chi connectivity index (χ1n) is 7.10. The number of nitrogens with zero attached hydrogens (tertiary/aromatic N) is 1. The van der Waals surface area contributed by atoms with Gasteiger partial charge in [-0.3, -0.25) is 4.79 Å². The molecule has 0 saturated carbocycles. The molecular weight excluding hydrogens is 332 g/mol. The van der Waals surface area contributed by atoms with Crippen molar-refractivity contribution in [2.45, 2.75) is 25.2 Å². The van der Waals surface area contributed by atoms with Gasteiger partial charge < -0.3 is 10.4 Å². The van der Waals surface area contributed by atoms with E-state index in [9.17, 15) is 9.59 Å². The Morgan fingerprint density at radius 1 is 1.35 bits per heavy atom. The summed E-state index contributed by atoms with van der Waals surface area (Å²) in [6.07, 6.45) is 0.540. The lowest BCUT2D eigenvalue weighted by Gasteiger charge is -2.07. The minimum atomic E-state index is -1.03. The fraction of sp³-hybridized carbons (Fsp3) is 0.312. The topological polar surface area (TPSA) is 79.3 Å². The van der Waals surface area contributed by atoms with Crippen LogP contribution >= 0.6 is 23.1 Å². The zero-order valence-corrected chi connectivity index (χ0v) is 14.6. The van der Waals surface area contributed by atoms with E-state index in [-0.39, 0.29) is 11.6 Å². The van der Waals surface area contributed by atoms with E-state index in [1.54, 1.807) is 0 Å². The highest BCUT2D eigenvalue weighted by atomic mass is 32.2. The number of aryl methyl sites for hydroxylation is 2. The number of thioether (sulfide) groups is 1. The Morgan fingerprint density at radius 2 is 2.13 bits per heavy atom. The summed E-state index contributed by atoms with van der Waals surface area (Å²) in [6, 6.07) is 6.17. The zero-order valence-electron chi connectivity index (χ0n) is 13.0. The molecule has 1 aromatic carbocycles. The molecule has 0 saturated heterocycles. The molecule has 1 heterocycles. The molecule has 1 amide bonds. The van der Waals surface area contributed by atoms with Gasteiger partial charge in [0.25, 0.3) is 0 Å². The van der Waals surface area contributed by atoms with Gasteiger partial charge in [-0.1, -0.05) is 17.7 Å². The number of aromatic carboxylic acids is 1. The Hall–Kier alpha value is -1.86. The van der Waals surface area contributed by atoms with Crippen molar-refractivity contribution in [1.82, 2.24) is 10.3 Å². The highest BCUT2D eigenvalue weighted by Gasteiger charge is 2.09. The van der Waals surface area contributed by atoms with Gasteiger partial charge in [-0.05, 0) is 25.5 Å². The van der Waals surface area contributed by atoms with Crippen molar-refractivity contribution in [1.29, 1.82) is 0 Å². The Morgan fingerprint density at radius 3 is 2.78 bits per heavy atom. The Bertz CT molecular complexity index is 713. The molecule has 2 aromatic rings. The van der Waals surface area contributed by atoms with Crippen LogP contribution in [0.4, 0.5) is 0 Å². The summed E-state index contributed by atoms with van der Waals surface area (Å²) in [4.78, 5) is 27.7. The molecular formula is C16H18N2O3S2. The Balaban J connectivity index is 1.73. The largest absolute Gasteiger partial charge is 0.476 e. The number of nitrogens with one attached hydrogen (secondary N) is 1. The molecule has 0 fully saturated rings. The number of aromatic nitrogens is 1. The van der Waals surface area contributed by atoms with Crippen LogP contribution in [-0.2, 0) is 11.2 Å². The minimum absolute atomic E-state index is 0.0370. The second-order valence-corrected chi connectivity index (χ2v) is 7.05. The van der Waals surface area contributed by atoms with E-state index in [0.717, 1.165) is 4.90 Å². The van der Waals surface area contributed by atoms with E-state index in [2.05, 4.69) is 16.4 Å². The molecule has 0 radical (unpaired) electrons. The number of carbonyl (C=O) groups is 2. The van der Waals surface area contributed by atoms with Crippen LogP contribution in [0.1, 0.15) is 26.6 Å². The number of benzene rings is 1. The molecule has 0 aliphatic rings. The second kappa shape index (κ2) is 8.12. The van der Waals surface area contributed by atoms with Gasteiger partial charge in [-0.15, -0.1) is 23.1 Å². The van der Waals surface area contributed by atoms with Crippen molar-refractivity contribution in [3.63, 3.8) is 0 Å². The molecule has 0 aliphatic carbocycles. The number of hydrogen-bond acceptors (Lipinski definition) is 5. The van der Waals surface area contributed by atoms with Crippen molar-refractivity contribution in [3.05, 3.63) is 45.4 Å². The maximum atomic E-state index is 11.9. The summed E-state index contributed by atoms with van der Waals surface area (Å²) < 4.78 is 0. The summed E-state index contributed by atoms with van der Waals surface area (Å²) in [7, 11) is 0. The molecule has 7 heteroatoms. The van der Waals surface area contributed by atoms with E-state index in [4.69, 9.17) is 5.11 Å². The number of thiazole rings is 1. The van der Waals surface area contributed by atoms with Gasteiger partial charge in [0, 0.05) is 23.2 Å². The Labute approximate surface area is 143 Å².